The van der Waals surface area contributed by atoms with Crippen molar-refractivity contribution >= 4 is 29.9 Å². The number of nitrogens with zero attached hydrogens (tertiary/aromatic N) is 3. The van der Waals surface area contributed by atoms with Crippen molar-refractivity contribution in [3.8, 4) is 11.6 Å². The van der Waals surface area contributed by atoms with E-state index in [1.54, 1.807) is 24.4 Å². The molecule has 2 aromatic rings. The molecule has 3 rings (SSSR count). The van der Waals surface area contributed by atoms with Gasteiger partial charge in [-0.2, -0.15) is 0 Å². The van der Waals surface area contributed by atoms with Gasteiger partial charge in [0.2, 0.25) is 5.88 Å². The number of benzene rings is 1. The number of halogens is 2. The Labute approximate surface area is 211 Å². The second kappa shape index (κ2) is 13.6. The van der Waals surface area contributed by atoms with Gasteiger partial charge in [-0.1, -0.05) is 6.07 Å². The van der Waals surface area contributed by atoms with Crippen molar-refractivity contribution in [3.05, 3.63) is 54.0 Å². The third-order valence-electron chi connectivity index (χ3n) is 4.90. The van der Waals surface area contributed by atoms with E-state index in [0.717, 1.165) is 18.7 Å². The molecule has 1 aromatic heterocycles. The van der Waals surface area contributed by atoms with E-state index in [1.165, 1.54) is 12.1 Å². The summed E-state index contributed by atoms with van der Waals surface area (Å²) in [5, 5.41) is 17.2. The average molecular weight is 573 g/mol. The normalized spacial score (nSPS) is 16.4. The van der Waals surface area contributed by atoms with Crippen molar-refractivity contribution in [1.29, 1.82) is 0 Å². The Kier molecular flexibility index (Phi) is 11.2. The maximum atomic E-state index is 13.0. The summed E-state index contributed by atoms with van der Waals surface area (Å²) >= 11 is 0. The molecule has 2 heterocycles. The topological polar surface area (TPSA) is 91.2 Å². The highest BCUT2D eigenvalue weighted by Crippen LogP contribution is 2.19. The number of rotatable bonds is 9. The van der Waals surface area contributed by atoms with E-state index in [0.29, 0.717) is 57.0 Å². The van der Waals surface area contributed by atoms with Crippen molar-refractivity contribution in [3.63, 3.8) is 0 Å². The zero-order chi connectivity index (χ0) is 22.8. The molecule has 33 heavy (non-hydrogen) atoms. The SMILES string of the molecule is CCNC(=NCc1ccc(Oc2ccc(F)cc2)nc1)NCC(C)(O)CN1CCOCC1.I. The summed E-state index contributed by atoms with van der Waals surface area (Å²) in [6, 6.07) is 9.42. The van der Waals surface area contributed by atoms with Crippen molar-refractivity contribution in [1.82, 2.24) is 20.5 Å². The lowest BCUT2D eigenvalue weighted by Crippen LogP contribution is -2.52. The van der Waals surface area contributed by atoms with Crippen LogP contribution in [0.25, 0.3) is 0 Å². The van der Waals surface area contributed by atoms with Gasteiger partial charge in [-0.15, -0.1) is 24.0 Å². The van der Waals surface area contributed by atoms with Crippen LogP contribution in [0, 0.1) is 5.82 Å². The van der Waals surface area contributed by atoms with Crippen LogP contribution in [0.15, 0.2) is 47.6 Å². The number of aliphatic imine (C=N–C) groups is 1. The van der Waals surface area contributed by atoms with Gasteiger partial charge in [-0.25, -0.2) is 14.4 Å². The van der Waals surface area contributed by atoms with Crippen LogP contribution in [0.4, 0.5) is 4.39 Å². The van der Waals surface area contributed by atoms with Crippen LogP contribution in [0.3, 0.4) is 0 Å². The Morgan fingerprint density at radius 1 is 1.21 bits per heavy atom. The van der Waals surface area contributed by atoms with Crippen molar-refractivity contribution in [2.75, 3.05) is 45.9 Å². The minimum atomic E-state index is -0.894. The van der Waals surface area contributed by atoms with E-state index < -0.39 is 5.60 Å². The monoisotopic (exact) mass is 573 g/mol. The molecule has 1 aliphatic rings. The van der Waals surface area contributed by atoms with Gasteiger partial charge in [0.1, 0.15) is 11.6 Å². The van der Waals surface area contributed by atoms with Crippen LogP contribution in [0.2, 0.25) is 0 Å². The molecule has 10 heteroatoms. The maximum absolute atomic E-state index is 13.0. The van der Waals surface area contributed by atoms with Crippen LogP contribution < -0.4 is 15.4 Å². The Hall–Kier alpha value is -2.02. The molecule has 182 valence electrons. The van der Waals surface area contributed by atoms with E-state index in [4.69, 9.17) is 9.47 Å². The highest BCUT2D eigenvalue weighted by Gasteiger charge is 2.25. The van der Waals surface area contributed by atoms with Gasteiger partial charge in [0, 0.05) is 45.0 Å². The number of hydrogen-bond donors (Lipinski definition) is 3. The first-order chi connectivity index (χ1) is 15.4. The Morgan fingerprint density at radius 2 is 1.94 bits per heavy atom. The van der Waals surface area contributed by atoms with E-state index in [2.05, 4.69) is 25.5 Å². The van der Waals surface area contributed by atoms with Crippen molar-refractivity contribution in [2.45, 2.75) is 26.0 Å². The molecular weight excluding hydrogens is 540 g/mol. The number of guanidine groups is 1. The second-order valence-electron chi connectivity index (χ2n) is 7.99. The molecule has 1 aromatic carbocycles. The van der Waals surface area contributed by atoms with Crippen LogP contribution in [-0.4, -0.2) is 72.5 Å². The van der Waals surface area contributed by atoms with Gasteiger partial charge < -0.3 is 25.2 Å². The zero-order valence-electron chi connectivity index (χ0n) is 19.1. The molecule has 0 aliphatic carbocycles. The van der Waals surface area contributed by atoms with Crippen molar-refractivity contribution < 1.29 is 19.0 Å². The highest BCUT2D eigenvalue weighted by atomic mass is 127. The number of morpholine rings is 1. The number of β-amino-alcohol motifs (C(OH)–C–C–N with tert-alkyl or cyclic N) is 1. The number of ether oxygens (including phenoxy) is 2. The molecule has 8 nitrogen and oxygen atoms in total. The Balaban J connectivity index is 0.00000385. The Morgan fingerprint density at radius 3 is 2.58 bits per heavy atom. The van der Waals surface area contributed by atoms with E-state index in [1.807, 2.05) is 19.9 Å². The third-order valence-corrected chi connectivity index (χ3v) is 4.90. The lowest BCUT2D eigenvalue weighted by molar-refractivity contribution is -0.0201. The first kappa shape index (κ1) is 27.2. The maximum Gasteiger partial charge on any atom is 0.219 e. The van der Waals surface area contributed by atoms with Gasteiger partial charge in [-0.05, 0) is 43.7 Å². The fraction of sp³-hybridized carbons (Fsp3) is 0.478. The molecule has 1 fully saturated rings. The van der Waals surface area contributed by atoms with Crippen LogP contribution >= 0.6 is 24.0 Å². The van der Waals surface area contributed by atoms with Gasteiger partial charge in [0.05, 0.1) is 25.4 Å². The number of hydrogen-bond acceptors (Lipinski definition) is 6. The molecule has 1 saturated heterocycles. The summed E-state index contributed by atoms with van der Waals surface area (Å²) < 4.78 is 24.0. The first-order valence-electron chi connectivity index (χ1n) is 10.9. The molecule has 0 saturated carbocycles. The molecule has 1 unspecified atom stereocenters. The average Bonchev–Trinajstić information content (AvgIpc) is 2.79. The second-order valence-corrected chi connectivity index (χ2v) is 7.99. The van der Waals surface area contributed by atoms with Gasteiger partial charge >= 0.3 is 0 Å². The van der Waals surface area contributed by atoms with Crippen LogP contribution in [0.1, 0.15) is 19.4 Å². The van der Waals surface area contributed by atoms with E-state index in [-0.39, 0.29) is 29.8 Å². The lowest BCUT2D eigenvalue weighted by atomic mass is 10.1. The third kappa shape index (κ3) is 9.78. The molecule has 1 aliphatic heterocycles. The Bertz CT molecular complexity index is 859. The lowest BCUT2D eigenvalue weighted by Gasteiger charge is -2.34. The van der Waals surface area contributed by atoms with Crippen LogP contribution in [0.5, 0.6) is 11.6 Å². The standard InChI is InChI=1S/C23H32FN5O3.HI/c1-3-25-22(28-16-23(2,30)17-29-10-12-31-13-11-29)27-15-18-4-9-21(26-14-18)32-20-7-5-19(24)6-8-20;/h4-9,14,30H,3,10-13,15-17H2,1-2H3,(H2,25,27,28);1H. The minimum Gasteiger partial charge on any atom is -0.439 e. The zero-order valence-corrected chi connectivity index (χ0v) is 21.4. The quantitative estimate of drug-likeness (QED) is 0.242. The summed E-state index contributed by atoms with van der Waals surface area (Å²) in [5.74, 6) is 1.26. The molecule has 1 atom stereocenters. The van der Waals surface area contributed by atoms with E-state index in [9.17, 15) is 9.50 Å². The summed E-state index contributed by atoms with van der Waals surface area (Å²) in [6.45, 7) is 8.96. The summed E-state index contributed by atoms with van der Waals surface area (Å²) in [4.78, 5) is 11.1. The predicted octanol–water partition coefficient (Wildman–Crippen LogP) is 2.77. The number of pyridine rings is 1. The summed E-state index contributed by atoms with van der Waals surface area (Å²) in [6.07, 6.45) is 1.69. The molecule has 0 bridgehead atoms. The van der Waals surface area contributed by atoms with Crippen molar-refractivity contribution in [2.24, 2.45) is 4.99 Å². The number of nitrogens with one attached hydrogen (secondary N) is 2. The summed E-state index contributed by atoms with van der Waals surface area (Å²) in [5.41, 5.74) is 0.0164. The predicted molar refractivity (Wildman–Crippen MR) is 137 cm³/mol. The summed E-state index contributed by atoms with van der Waals surface area (Å²) in [7, 11) is 0. The molecule has 0 radical (unpaired) electrons. The minimum absolute atomic E-state index is 0. The molecule has 0 spiro atoms. The molecule has 3 N–H and O–H groups in total. The smallest absolute Gasteiger partial charge is 0.219 e. The molecular formula is C23H33FIN5O3. The number of aromatic nitrogens is 1. The fourth-order valence-corrected chi connectivity index (χ4v) is 3.27. The largest absolute Gasteiger partial charge is 0.439 e. The first-order valence-corrected chi connectivity index (χ1v) is 10.9. The van der Waals surface area contributed by atoms with Gasteiger partial charge in [0.15, 0.2) is 5.96 Å². The van der Waals surface area contributed by atoms with Gasteiger partial charge in [0.25, 0.3) is 0 Å². The van der Waals surface area contributed by atoms with Gasteiger partial charge in [-0.3, -0.25) is 4.90 Å². The molecule has 0 amide bonds. The van der Waals surface area contributed by atoms with E-state index >= 15 is 0 Å². The highest BCUT2D eigenvalue weighted by molar-refractivity contribution is 14.0. The fourth-order valence-electron chi connectivity index (χ4n) is 3.27. The number of aliphatic hydroxyl groups is 1. The van der Waals surface area contributed by atoms with Crippen LogP contribution in [-0.2, 0) is 11.3 Å².